The normalized spacial score (nSPS) is 22.1. The van der Waals surface area contributed by atoms with Crippen molar-refractivity contribution < 1.29 is 14.9 Å². The van der Waals surface area contributed by atoms with Gasteiger partial charge in [-0.3, -0.25) is 4.57 Å². The summed E-state index contributed by atoms with van der Waals surface area (Å²) in [7, 11) is 0. The Balaban J connectivity index is 1.52. The molecule has 0 spiro atoms. The third-order valence-corrected chi connectivity index (χ3v) is 5.89. The van der Waals surface area contributed by atoms with Crippen molar-refractivity contribution in [3.63, 3.8) is 0 Å². The van der Waals surface area contributed by atoms with Gasteiger partial charge in [0.2, 0.25) is 11.8 Å². The first-order chi connectivity index (χ1) is 12.2. The number of ether oxygens (including phenoxy) is 1. The molecule has 1 aromatic heterocycles. The summed E-state index contributed by atoms with van der Waals surface area (Å²) in [5.41, 5.74) is 7.42. The molecule has 1 aliphatic carbocycles. The number of aromatic hydroxyl groups is 2. The van der Waals surface area contributed by atoms with Crippen molar-refractivity contribution >= 4 is 0 Å². The van der Waals surface area contributed by atoms with Gasteiger partial charge in [0, 0.05) is 0 Å². The first-order valence-electron chi connectivity index (χ1n) is 8.76. The topological polar surface area (TPSA) is 54.6 Å². The number of aromatic nitrogens is 1. The first-order valence-corrected chi connectivity index (χ1v) is 8.76. The lowest BCUT2D eigenvalue weighted by Crippen LogP contribution is -1.97. The molecule has 6 rings (SSSR count). The average molecular weight is 331 g/mol. The highest BCUT2D eigenvalue weighted by Crippen LogP contribution is 2.58. The van der Waals surface area contributed by atoms with Crippen LogP contribution in [0.4, 0.5) is 0 Å². The summed E-state index contributed by atoms with van der Waals surface area (Å²) in [5, 5.41) is 21.5. The molecule has 2 N–H and O–H groups in total. The average Bonchev–Trinajstić information content (AvgIpc) is 3.36. The van der Waals surface area contributed by atoms with Crippen LogP contribution in [0.1, 0.15) is 47.3 Å². The van der Waals surface area contributed by atoms with Gasteiger partial charge in [0.1, 0.15) is 0 Å². The van der Waals surface area contributed by atoms with Gasteiger partial charge in [-0.1, -0.05) is 30.3 Å². The highest BCUT2D eigenvalue weighted by Gasteiger charge is 2.45. The van der Waals surface area contributed by atoms with E-state index in [1.807, 2.05) is 6.07 Å². The summed E-state index contributed by atoms with van der Waals surface area (Å²) < 4.78 is 7.39. The Morgan fingerprint density at radius 1 is 0.840 bits per heavy atom. The van der Waals surface area contributed by atoms with Crippen molar-refractivity contribution in [3.8, 4) is 28.6 Å². The Bertz CT molecular complexity index is 1020. The fourth-order valence-electron chi connectivity index (χ4n) is 4.79. The molecule has 2 atom stereocenters. The van der Waals surface area contributed by atoms with Crippen LogP contribution in [0.3, 0.4) is 0 Å². The zero-order valence-electron chi connectivity index (χ0n) is 13.6. The van der Waals surface area contributed by atoms with Crippen molar-refractivity contribution in [2.24, 2.45) is 0 Å². The molecule has 1 fully saturated rings. The Morgan fingerprint density at radius 2 is 1.52 bits per heavy atom. The van der Waals surface area contributed by atoms with Gasteiger partial charge in [-0.15, -0.1) is 0 Å². The van der Waals surface area contributed by atoms with Gasteiger partial charge < -0.3 is 14.9 Å². The van der Waals surface area contributed by atoms with Crippen molar-refractivity contribution in [2.75, 3.05) is 0 Å². The number of hydrogen-bond acceptors (Lipinski definition) is 3. The minimum Gasteiger partial charge on any atom is -0.494 e. The van der Waals surface area contributed by atoms with E-state index in [4.69, 9.17) is 4.74 Å². The lowest BCUT2D eigenvalue weighted by Gasteiger charge is -2.12. The van der Waals surface area contributed by atoms with E-state index < -0.39 is 0 Å². The fraction of sp³-hybridized carbons (Fsp3) is 0.238. The zero-order valence-corrected chi connectivity index (χ0v) is 13.6. The molecule has 4 nitrogen and oxygen atoms in total. The van der Waals surface area contributed by atoms with E-state index in [1.54, 1.807) is 4.57 Å². The van der Waals surface area contributed by atoms with Crippen LogP contribution in [-0.4, -0.2) is 14.8 Å². The maximum atomic E-state index is 10.8. The minimum atomic E-state index is -0.0779. The summed E-state index contributed by atoms with van der Waals surface area (Å²) in [5.74, 6) is 0.241. The lowest BCUT2D eigenvalue weighted by molar-refractivity contribution is 0.0683. The molecule has 4 heteroatoms. The van der Waals surface area contributed by atoms with Crippen molar-refractivity contribution in [2.45, 2.75) is 31.5 Å². The number of benzene rings is 2. The second-order valence-corrected chi connectivity index (χ2v) is 7.18. The van der Waals surface area contributed by atoms with Crippen LogP contribution in [-0.2, 0) is 11.2 Å². The predicted octanol–water partition coefficient (Wildman–Crippen LogP) is 4.37. The van der Waals surface area contributed by atoms with Gasteiger partial charge in [-0.25, -0.2) is 0 Å². The Labute approximate surface area is 144 Å². The van der Waals surface area contributed by atoms with Crippen molar-refractivity contribution in [1.82, 2.24) is 4.57 Å². The third kappa shape index (κ3) is 1.60. The lowest BCUT2D eigenvalue weighted by atomic mass is 9.95. The SMILES string of the molecule is Oc1c2c(c(O)n1-c1ccc3c(c1)Cc1ccccc1-3)[C@H]1CC[C@@H]2O1. The molecule has 124 valence electrons. The number of fused-ring (bicyclic) bond motifs is 8. The van der Waals surface area contributed by atoms with E-state index >= 15 is 0 Å². The Kier molecular flexibility index (Phi) is 2.42. The van der Waals surface area contributed by atoms with Crippen molar-refractivity contribution in [1.29, 1.82) is 0 Å². The monoisotopic (exact) mass is 331 g/mol. The van der Waals surface area contributed by atoms with Gasteiger partial charge in [-0.2, -0.15) is 0 Å². The van der Waals surface area contributed by atoms with Gasteiger partial charge >= 0.3 is 0 Å². The predicted molar refractivity (Wildman–Crippen MR) is 93.1 cm³/mol. The van der Waals surface area contributed by atoms with E-state index in [9.17, 15) is 10.2 Å². The van der Waals surface area contributed by atoms with E-state index in [0.29, 0.717) is 0 Å². The molecular weight excluding hydrogens is 314 g/mol. The molecular formula is C21H17NO3. The van der Waals surface area contributed by atoms with E-state index in [0.717, 1.165) is 36.1 Å². The molecule has 25 heavy (non-hydrogen) atoms. The number of hydrogen-bond donors (Lipinski definition) is 2. The maximum Gasteiger partial charge on any atom is 0.205 e. The second kappa shape index (κ2) is 4.46. The zero-order chi connectivity index (χ0) is 16.7. The molecule has 1 saturated heterocycles. The summed E-state index contributed by atoms with van der Waals surface area (Å²) in [4.78, 5) is 0. The fourth-order valence-corrected chi connectivity index (χ4v) is 4.79. The highest BCUT2D eigenvalue weighted by atomic mass is 16.5. The first kappa shape index (κ1) is 13.6. The van der Waals surface area contributed by atoms with Gasteiger partial charge in [0.05, 0.1) is 29.0 Å². The molecule has 0 unspecified atom stereocenters. The van der Waals surface area contributed by atoms with Crippen LogP contribution < -0.4 is 0 Å². The summed E-state index contributed by atoms with van der Waals surface area (Å²) >= 11 is 0. The van der Waals surface area contributed by atoms with E-state index in [2.05, 4.69) is 36.4 Å². The molecule has 3 heterocycles. The Hall–Kier alpha value is -2.72. The van der Waals surface area contributed by atoms with Gasteiger partial charge in [0.15, 0.2) is 0 Å². The van der Waals surface area contributed by atoms with Crippen LogP contribution >= 0.6 is 0 Å². The van der Waals surface area contributed by atoms with E-state index in [-0.39, 0.29) is 24.0 Å². The molecule has 2 aliphatic heterocycles. The smallest absolute Gasteiger partial charge is 0.205 e. The van der Waals surface area contributed by atoms with E-state index in [1.165, 1.54) is 22.3 Å². The number of nitrogens with zero attached hydrogens (tertiary/aromatic N) is 1. The molecule has 0 saturated carbocycles. The van der Waals surface area contributed by atoms with Crippen LogP contribution in [0.5, 0.6) is 11.8 Å². The third-order valence-electron chi connectivity index (χ3n) is 5.89. The quantitative estimate of drug-likeness (QED) is 0.545. The molecule has 2 aromatic carbocycles. The second-order valence-electron chi connectivity index (χ2n) is 7.18. The Morgan fingerprint density at radius 3 is 2.28 bits per heavy atom. The minimum absolute atomic E-state index is 0.0779. The molecule has 0 amide bonds. The van der Waals surface area contributed by atoms with Crippen LogP contribution in [0.25, 0.3) is 16.8 Å². The van der Waals surface area contributed by atoms with Gasteiger partial charge in [0.25, 0.3) is 0 Å². The van der Waals surface area contributed by atoms with Crippen LogP contribution in [0.15, 0.2) is 42.5 Å². The molecule has 2 bridgehead atoms. The molecule has 3 aromatic rings. The standard InChI is InChI=1S/C21H17NO3/c23-20-18-16-7-8-17(25-16)19(18)21(24)22(20)13-5-6-15-12(10-13)9-11-3-1-2-4-14(11)15/h1-6,10,16-17,23-24H,7-9H2/t16-,17+. The van der Waals surface area contributed by atoms with Crippen LogP contribution in [0.2, 0.25) is 0 Å². The number of rotatable bonds is 1. The largest absolute Gasteiger partial charge is 0.494 e. The summed E-state index contributed by atoms with van der Waals surface area (Å²) in [6, 6.07) is 14.6. The summed E-state index contributed by atoms with van der Waals surface area (Å²) in [6.07, 6.45) is 2.55. The van der Waals surface area contributed by atoms with Crippen molar-refractivity contribution in [3.05, 3.63) is 64.7 Å². The summed E-state index contributed by atoms with van der Waals surface area (Å²) in [6.45, 7) is 0. The van der Waals surface area contributed by atoms with Crippen LogP contribution in [0, 0.1) is 0 Å². The highest BCUT2D eigenvalue weighted by molar-refractivity contribution is 5.78. The maximum absolute atomic E-state index is 10.8. The molecule has 0 radical (unpaired) electrons. The molecule has 3 aliphatic rings. The van der Waals surface area contributed by atoms with Gasteiger partial charge in [-0.05, 0) is 53.6 Å².